The number of para-hydroxylation sites is 1. The Labute approximate surface area is 236 Å². The average Bonchev–Trinajstić information content (AvgIpc) is 3.32. The number of hydrogen-bond donors (Lipinski definition) is 7. The van der Waals surface area contributed by atoms with Crippen molar-refractivity contribution in [2.24, 2.45) is 23.3 Å². The van der Waals surface area contributed by atoms with E-state index in [0.29, 0.717) is 25.8 Å². The fraction of sp³-hybridized carbons (Fsp3) is 0.586. The van der Waals surface area contributed by atoms with Gasteiger partial charge in [0.15, 0.2) is 0 Å². The molecule has 1 heterocycles. The summed E-state index contributed by atoms with van der Waals surface area (Å²) in [5.41, 5.74) is 13.7. The Balaban J connectivity index is 2.14. The number of carbonyl (C=O) groups is 4. The van der Waals surface area contributed by atoms with Crippen LogP contribution in [0.1, 0.15) is 65.4 Å². The quantitative estimate of drug-likeness (QED) is 0.144. The Morgan fingerprint density at radius 1 is 0.950 bits per heavy atom. The highest BCUT2D eigenvalue weighted by molar-refractivity contribution is 5.94. The Bertz CT molecular complexity index is 1130. The van der Waals surface area contributed by atoms with E-state index in [4.69, 9.17) is 11.5 Å². The normalized spacial score (nSPS) is 15.2. The molecule has 11 heteroatoms. The first-order valence-electron chi connectivity index (χ1n) is 14.1. The number of hydrogen-bond acceptors (Lipinski definition) is 6. The molecule has 0 spiro atoms. The third-order valence-corrected chi connectivity index (χ3v) is 7.15. The maximum Gasteiger partial charge on any atom is 0.326 e. The lowest BCUT2D eigenvalue weighted by Gasteiger charge is -2.28. The highest BCUT2D eigenvalue weighted by Gasteiger charge is 2.32. The zero-order chi connectivity index (χ0) is 29.8. The van der Waals surface area contributed by atoms with E-state index in [2.05, 4.69) is 20.9 Å². The number of aliphatic carboxylic acids is 1. The zero-order valence-corrected chi connectivity index (χ0v) is 24.0. The largest absolute Gasteiger partial charge is 0.480 e. The molecular weight excluding hydrogens is 512 g/mol. The lowest BCUT2D eigenvalue weighted by Crippen LogP contribution is -2.58. The first-order chi connectivity index (χ1) is 19.0. The van der Waals surface area contributed by atoms with E-state index in [1.165, 1.54) is 0 Å². The Morgan fingerprint density at radius 2 is 1.62 bits per heavy atom. The number of H-pyrrole nitrogens is 1. The number of benzene rings is 1. The molecule has 0 radical (unpaired) electrons. The van der Waals surface area contributed by atoms with E-state index in [9.17, 15) is 24.3 Å². The number of nitrogens with two attached hydrogens (primary N) is 2. The van der Waals surface area contributed by atoms with Gasteiger partial charge in [0.1, 0.15) is 18.1 Å². The van der Waals surface area contributed by atoms with Crippen molar-refractivity contribution < 1.29 is 24.3 Å². The van der Waals surface area contributed by atoms with Crippen LogP contribution in [0, 0.1) is 11.8 Å². The van der Waals surface area contributed by atoms with Crippen molar-refractivity contribution in [2.45, 2.75) is 90.4 Å². The van der Waals surface area contributed by atoms with Crippen molar-refractivity contribution in [3.8, 4) is 0 Å². The lowest BCUT2D eigenvalue weighted by molar-refractivity contribution is -0.143. The van der Waals surface area contributed by atoms with Crippen molar-refractivity contribution in [3.63, 3.8) is 0 Å². The summed E-state index contributed by atoms with van der Waals surface area (Å²) in [6.45, 7) is 7.89. The minimum Gasteiger partial charge on any atom is -0.480 e. The second kappa shape index (κ2) is 16.0. The molecule has 5 atom stereocenters. The predicted molar refractivity (Wildman–Crippen MR) is 155 cm³/mol. The molecule has 2 rings (SSSR count). The smallest absolute Gasteiger partial charge is 0.326 e. The van der Waals surface area contributed by atoms with Crippen LogP contribution in [0.15, 0.2) is 30.5 Å². The maximum atomic E-state index is 13.4. The predicted octanol–water partition coefficient (Wildman–Crippen LogP) is 1.80. The Morgan fingerprint density at radius 3 is 2.25 bits per heavy atom. The molecule has 5 unspecified atom stereocenters. The SMILES string of the molecule is CCC(C)C(NC(=O)C(N)Cc1c[nH]c2ccccc12)C(=O)NC(CCCCN)C(=O)NC(CC(C)C)C(=O)O. The summed E-state index contributed by atoms with van der Waals surface area (Å²) in [6, 6.07) is 3.85. The van der Waals surface area contributed by atoms with Crippen molar-refractivity contribution in [1.29, 1.82) is 0 Å². The standard InChI is InChI=1S/C29H46N6O5/c1-5-18(4)25(35-26(36)21(31)15-19-16-32-22-11-7-6-10-20(19)22)28(38)33-23(12-8-9-13-30)27(37)34-24(29(39)40)14-17(2)3/h6-7,10-11,16-18,21,23-25,32H,5,8-9,12-15,30-31H2,1-4H3,(H,33,38)(H,34,37)(H,35,36)(H,39,40). The summed E-state index contributed by atoms with van der Waals surface area (Å²) in [5, 5.41) is 18.7. The van der Waals surface area contributed by atoms with E-state index in [-0.39, 0.29) is 31.1 Å². The molecule has 3 amide bonds. The number of carboxylic acid groups (broad SMARTS) is 1. The van der Waals surface area contributed by atoms with E-state index in [1.807, 2.05) is 58.2 Å². The van der Waals surface area contributed by atoms with E-state index >= 15 is 0 Å². The van der Waals surface area contributed by atoms with Gasteiger partial charge in [-0.1, -0.05) is 52.3 Å². The van der Waals surface area contributed by atoms with E-state index in [1.54, 1.807) is 0 Å². The van der Waals surface area contributed by atoms with Gasteiger partial charge in [-0.3, -0.25) is 14.4 Å². The van der Waals surface area contributed by atoms with Gasteiger partial charge in [0.2, 0.25) is 17.7 Å². The number of carboxylic acids is 1. The summed E-state index contributed by atoms with van der Waals surface area (Å²) < 4.78 is 0. The summed E-state index contributed by atoms with van der Waals surface area (Å²) in [7, 11) is 0. The van der Waals surface area contributed by atoms with Crippen LogP contribution in [0.4, 0.5) is 0 Å². The minimum atomic E-state index is -1.14. The first kappa shape index (κ1) is 32.8. The van der Waals surface area contributed by atoms with Gasteiger partial charge in [-0.05, 0) is 62.1 Å². The molecule has 0 aliphatic carbocycles. The number of aromatic amines is 1. The molecule has 0 aliphatic rings. The highest BCUT2D eigenvalue weighted by Crippen LogP contribution is 2.19. The summed E-state index contributed by atoms with van der Waals surface area (Å²) in [4.78, 5) is 54.5. The van der Waals surface area contributed by atoms with Crippen LogP contribution in [-0.2, 0) is 25.6 Å². The van der Waals surface area contributed by atoms with Crippen molar-refractivity contribution in [1.82, 2.24) is 20.9 Å². The second-order valence-electron chi connectivity index (χ2n) is 10.9. The number of amides is 3. The molecule has 40 heavy (non-hydrogen) atoms. The van der Waals surface area contributed by atoms with Gasteiger partial charge >= 0.3 is 5.97 Å². The minimum absolute atomic E-state index is 0.0464. The average molecular weight is 559 g/mol. The van der Waals surface area contributed by atoms with Gasteiger partial charge in [0.05, 0.1) is 6.04 Å². The molecule has 0 saturated heterocycles. The molecule has 0 fully saturated rings. The van der Waals surface area contributed by atoms with Crippen LogP contribution in [0.25, 0.3) is 10.9 Å². The van der Waals surface area contributed by atoms with Crippen LogP contribution in [0.2, 0.25) is 0 Å². The van der Waals surface area contributed by atoms with Gasteiger partial charge in [0, 0.05) is 17.1 Å². The fourth-order valence-corrected chi connectivity index (χ4v) is 4.58. The zero-order valence-electron chi connectivity index (χ0n) is 24.0. The van der Waals surface area contributed by atoms with Crippen LogP contribution < -0.4 is 27.4 Å². The topological polar surface area (TPSA) is 192 Å². The lowest BCUT2D eigenvalue weighted by atomic mass is 9.96. The molecule has 222 valence electrons. The third kappa shape index (κ3) is 9.63. The molecule has 1 aromatic heterocycles. The fourth-order valence-electron chi connectivity index (χ4n) is 4.58. The number of fused-ring (bicyclic) bond motifs is 1. The number of aromatic nitrogens is 1. The van der Waals surface area contributed by atoms with Gasteiger partial charge in [-0.15, -0.1) is 0 Å². The number of carbonyl (C=O) groups excluding carboxylic acids is 3. The van der Waals surface area contributed by atoms with Gasteiger partial charge in [-0.2, -0.15) is 0 Å². The van der Waals surface area contributed by atoms with Crippen LogP contribution in [-0.4, -0.2) is 64.5 Å². The molecule has 0 saturated carbocycles. The number of unbranched alkanes of at least 4 members (excludes halogenated alkanes) is 1. The summed E-state index contributed by atoms with van der Waals surface area (Å²) in [6.07, 6.45) is 4.44. The van der Waals surface area contributed by atoms with Crippen molar-refractivity contribution in [3.05, 3.63) is 36.0 Å². The van der Waals surface area contributed by atoms with E-state index < -0.39 is 47.9 Å². The third-order valence-electron chi connectivity index (χ3n) is 7.15. The second-order valence-corrected chi connectivity index (χ2v) is 10.9. The molecule has 9 N–H and O–H groups in total. The van der Waals surface area contributed by atoms with Gasteiger partial charge in [-0.25, -0.2) is 4.79 Å². The van der Waals surface area contributed by atoms with Crippen molar-refractivity contribution >= 4 is 34.6 Å². The van der Waals surface area contributed by atoms with Crippen LogP contribution in [0.3, 0.4) is 0 Å². The molecule has 0 aliphatic heterocycles. The highest BCUT2D eigenvalue weighted by atomic mass is 16.4. The molecule has 2 aromatic rings. The number of nitrogens with one attached hydrogen (secondary N) is 4. The van der Waals surface area contributed by atoms with Crippen LogP contribution >= 0.6 is 0 Å². The maximum absolute atomic E-state index is 13.4. The van der Waals surface area contributed by atoms with E-state index in [0.717, 1.165) is 16.5 Å². The number of rotatable bonds is 17. The molecule has 0 bridgehead atoms. The van der Waals surface area contributed by atoms with Crippen LogP contribution in [0.5, 0.6) is 0 Å². The molecule has 11 nitrogen and oxygen atoms in total. The first-order valence-corrected chi connectivity index (χ1v) is 14.1. The van der Waals surface area contributed by atoms with Gasteiger partial charge < -0.3 is 37.5 Å². The Hall–Kier alpha value is -3.44. The molecule has 1 aromatic carbocycles. The monoisotopic (exact) mass is 558 g/mol. The summed E-state index contributed by atoms with van der Waals surface area (Å²) >= 11 is 0. The van der Waals surface area contributed by atoms with Crippen molar-refractivity contribution in [2.75, 3.05) is 6.54 Å². The van der Waals surface area contributed by atoms with Gasteiger partial charge in [0.25, 0.3) is 0 Å². The Kier molecular flexibility index (Phi) is 13.1. The summed E-state index contributed by atoms with van der Waals surface area (Å²) in [5.74, 6) is -2.91. The molecular formula is C29H46N6O5.